The largest absolute Gasteiger partial charge is 0.345 e. The Labute approximate surface area is 168 Å². The molecule has 6 heteroatoms. The summed E-state index contributed by atoms with van der Waals surface area (Å²) in [6.45, 7) is 4.63. The molecule has 3 rings (SSSR count). The Hall–Kier alpha value is -2.18. The molecule has 2 amide bonds. The predicted octanol–water partition coefficient (Wildman–Crippen LogP) is 3.48. The molecule has 0 aliphatic carbocycles. The van der Waals surface area contributed by atoms with E-state index in [1.807, 2.05) is 37.3 Å². The van der Waals surface area contributed by atoms with Gasteiger partial charge in [0.15, 0.2) is 0 Å². The molecule has 0 atom stereocenters. The first-order valence-corrected chi connectivity index (χ1v) is 9.95. The number of likely N-dealkylation sites (tertiary alicyclic amines) is 1. The molecule has 142 valence electrons. The zero-order chi connectivity index (χ0) is 19.2. The van der Waals surface area contributed by atoms with Crippen LogP contribution in [-0.4, -0.2) is 35.8 Å². The smallest absolute Gasteiger partial charge is 0.313 e. The van der Waals surface area contributed by atoms with Crippen LogP contribution in [0.3, 0.4) is 0 Å². The Morgan fingerprint density at radius 1 is 1.07 bits per heavy atom. The molecule has 0 saturated carbocycles. The molecular weight excluding hydrogens is 406 g/mol. The van der Waals surface area contributed by atoms with Gasteiger partial charge in [-0.3, -0.25) is 14.5 Å². The first-order chi connectivity index (χ1) is 13.0. The number of carbonyl (C=O) groups excluding carboxylic acids is 2. The lowest BCUT2D eigenvalue weighted by Crippen LogP contribution is -2.47. The minimum atomic E-state index is -0.618. The fourth-order valence-corrected chi connectivity index (χ4v) is 3.75. The summed E-state index contributed by atoms with van der Waals surface area (Å²) in [7, 11) is 0. The summed E-state index contributed by atoms with van der Waals surface area (Å²) in [5.74, 6) is -1.19. The van der Waals surface area contributed by atoms with Gasteiger partial charge in [-0.05, 0) is 49.1 Å². The van der Waals surface area contributed by atoms with Gasteiger partial charge in [0.25, 0.3) is 0 Å². The molecule has 0 spiro atoms. The first kappa shape index (κ1) is 19.6. The van der Waals surface area contributed by atoms with Gasteiger partial charge in [-0.2, -0.15) is 0 Å². The van der Waals surface area contributed by atoms with Crippen molar-refractivity contribution in [1.29, 1.82) is 0 Å². The number of piperidine rings is 1. The van der Waals surface area contributed by atoms with Crippen molar-refractivity contribution >= 4 is 33.4 Å². The van der Waals surface area contributed by atoms with Crippen LogP contribution in [0.25, 0.3) is 0 Å². The van der Waals surface area contributed by atoms with Gasteiger partial charge < -0.3 is 10.6 Å². The zero-order valence-electron chi connectivity index (χ0n) is 15.4. The van der Waals surface area contributed by atoms with Crippen molar-refractivity contribution in [2.45, 2.75) is 32.4 Å². The molecule has 1 heterocycles. The maximum Gasteiger partial charge on any atom is 0.313 e. The van der Waals surface area contributed by atoms with Crippen LogP contribution in [0.4, 0.5) is 5.69 Å². The number of aryl methyl sites for hydroxylation is 1. The Kier molecular flexibility index (Phi) is 6.63. The number of nitrogens with zero attached hydrogens (tertiary/aromatic N) is 1. The van der Waals surface area contributed by atoms with E-state index in [-0.39, 0.29) is 6.04 Å². The van der Waals surface area contributed by atoms with E-state index in [1.54, 1.807) is 6.07 Å². The van der Waals surface area contributed by atoms with Crippen LogP contribution in [0.5, 0.6) is 0 Å². The first-order valence-electron chi connectivity index (χ1n) is 9.15. The average molecular weight is 430 g/mol. The van der Waals surface area contributed by atoms with Crippen LogP contribution in [0, 0.1) is 6.92 Å². The summed E-state index contributed by atoms with van der Waals surface area (Å²) in [5, 5.41) is 5.55. The summed E-state index contributed by atoms with van der Waals surface area (Å²) in [4.78, 5) is 26.8. The standard InChI is InChI=1S/C21H24BrN3O2/c1-15-13-17(22)7-8-19(15)24-21(27)20(26)23-18-9-11-25(12-10-18)14-16-5-3-2-4-6-16/h2-8,13,18H,9-12,14H2,1H3,(H,23,26)(H,24,27). The van der Waals surface area contributed by atoms with Crippen molar-refractivity contribution < 1.29 is 9.59 Å². The second-order valence-corrected chi connectivity index (χ2v) is 7.84. The summed E-state index contributed by atoms with van der Waals surface area (Å²) in [6, 6.07) is 15.9. The molecule has 2 aromatic rings. The quantitative estimate of drug-likeness (QED) is 0.731. The number of anilines is 1. The molecule has 0 radical (unpaired) electrons. The topological polar surface area (TPSA) is 61.4 Å². The second-order valence-electron chi connectivity index (χ2n) is 6.92. The fourth-order valence-electron chi connectivity index (χ4n) is 3.27. The Morgan fingerprint density at radius 2 is 1.78 bits per heavy atom. The van der Waals surface area contributed by atoms with Crippen LogP contribution in [0.15, 0.2) is 53.0 Å². The molecule has 1 aliphatic heterocycles. The van der Waals surface area contributed by atoms with E-state index in [2.05, 4.69) is 43.6 Å². The van der Waals surface area contributed by atoms with E-state index < -0.39 is 11.8 Å². The highest BCUT2D eigenvalue weighted by molar-refractivity contribution is 9.10. The lowest BCUT2D eigenvalue weighted by Gasteiger charge is -2.32. The molecule has 0 bridgehead atoms. The SMILES string of the molecule is Cc1cc(Br)ccc1NC(=O)C(=O)NC1CCN(Cc2ccccc2)CC1. The second kappa shape index (κ2) is 9.15. The molecule has 1 saturated heterocycles. The molecule has 0 unspecified atom stereocenters. The van der Waals surface area contributed by atoms with Gasteiger partial charge in [0.1, 0.15) is 0 Å². The summed E-state index contributed by atoms with van der Waals surface area (Å²) in [5.41, 5.74) is 2.85. The van der Waals surface area contributed by atoms with E-state index in [0.717, 1.165) is 42.5 Å². The lowest BCUT2D eigenvalue weighted by atomic mass is 10.0. The van der Waals surface area contributed by atoms with Gasteiger partial charge in [-0.1, -0.05) is 46.3 Å². The highest BCUT2D eigenvalue weighted by Crippen LogP contribution is 2.20. The van der Waals surface area contributed by atoms with Crippen LogP contribution in [0.1, 0.15) is 24.0 Å². The monoisotopic (exact) mass is 429 g/mol. The normalized spacial score (nSPS) is 15.3. The Balaban J connectivity index is 1.45. The third kappa shape index (κ3) is 5.65. The Bertz CT molecular complexity index is 802. The number of amides is 2. The maximum atomic E-state index is 12.2. The summed E-state index contributed by atoms with van der Waals surface area (Å²) >= 11 is 3.39. The Morgan fingerprint density at radius 3 is 2.44 bits per heavy atom. The summed E-state index contributed by atoms with van der Waals surface area (Å²) in [6.07, 6.45) is 1.70. The molecule has 27 heavy (non-hydrogen) atoms. The van der Waals surface area contributed by atoms with Crippen molar-refractivity contribution in [1.82, 2.24) is 10.2 Å². The fraction of sp³-hybridized carbons (Fsp3) is 0.333. The third-order valence-electron chi connectivity index (χ3n) is 4.81. The average Bonchev–Trinajstić information content (AvgIpc) is 2.66. The third-order valence-corrected chi connectivity index (χ3v) is 5.31. The molecule has 1 fully saturated rings. The lowest BCUT2D eigenvalue weighted by molar-refractivity contribution is -0.136. The highest BCUT2D eigenvalue weighted by Gasteiger charge is 2.23. The van der Waals surface area contributed by atoms with E-state index in [0.29, 0.717) is 5.69 Å². The highest BCUT2D eigenvalue weighted by atomic mass is 79.9. The summed E-state index contributed by atoms with van der Waals surface area (Å²) < 4.78 is 0.935. The van der Waals surface area contributed by atoms with Gasteiger partial charge in [-0.25, -0.2) is 0 Å². The number of hydrogen-bond acceptors (Lipinski definition) is 3. The van der Waals surface area contributed by atoms with Crippen LogP contribution in [0.2, 0.25) is 0 Å². The number of nitrogens with one attached hydrogen (secondary N) is 2. The van der Waals surface area contributed by atoms with Crippen molar-refractivity contribution in [3.05, 3.63) is 64.1 Å². The van der Waals surface area contributed by atoms with Crippen LogP contribution >= 0.6 is 15.9 Å². The van der Waals surface area contributed by atoms with E-state index >= 15 is 0 Å². The van der Waals surface area contributed by atoms with Crippen molar-refractivity contribution in [2.24, 2.45) is 0 Å². The van der Waals surface area contributed by atoms with Crippen LogP contribution in [-0.2, 0) is 16.1 Å². The van der Waals surface area contributed by atoms with Crippen LogP contribution < -0.4 is 10.6 Å². The van der Waals surface area contributed by atoms with Gasteiger partial charge in [0.2, 0.25) is 0 Å². The van der Waals surface area contributed by atoms with E-state index in [1.165, 1.54) is 5.56 Å². The van der Waals surface area contributed by atoms with Crippen molar-refractivity contribution in [3.8, 4) is 0 Å². The number of hydrogen-bond donors (Lipinski definition) is 2. The van der Waals surface area contributed by atoms with Crippen molar-refractivity contribution in [3.63, 3.8) is 0 Å². The number of carbonyl (C=O) groups is 2. The molecule has 5 nitrogen and oxygen atoms in total. The van der Waals surface area contributed by atoms with Gasteiger partial charge in [0, 0.05) is 35.8 Å². The van der Waals surface area contributed by atoms with Gasteiger partial charge in [0.05, 0.1) is 0 Å². The number of halogens is 1. The van der Waals surface area contributed by atoms with Crippen molar-refractivity contribution in [2.75, 3.05) is 18.4 Å². The predicted molar refractivity (Wildman–Crippen MR) is 110 cm³/mol. The van der Waals surface area contributed by atoms with E-state index in [4.69, 9.17) is 0 Å². The van der Waals surface area contributed by atoms with E-state index in [9.17, 15) is 9.59 Å². The van der Waals surface area contributed by atoms with Gasteiger partial charge >= 0.3 is 11.8 Å². The maximum absolute atomic E-state index is 12.2. The molecular formula is C21H24BrN3O2. The molecule has 0 aromatic heterocycles. The number of benzene rings is 2. The van der Waals surface area contributed by atoms with Gasteiger partial charge in [-0.15, -0.1) is 0 Å². The zero-order valence-corrected chi connectivity index (χ0v) is 17.0. The molecule has 1 aliphatic rings. The molecule has 2 N–H and O–H groups in total. The minimum absolute atomic E-state index is 0.0429. The number of rotatable bonds is 4. The minimum Gasteiger partial charge on any atom is -0.345 e. The molecule has 2 aromatic carbocycles.